The van der Waals surface area contributed by atoms with Crippen molar-refractivity contribution in [1.82, 2.24) is 19.7 Å². The highest BCUT2D eigenvalue weighted by molar-refractivity contribution is 6.07. The lowest BCUT2D eigenvalue weighted by Crippen LogP contribution is -2.61. The molecule has 0 radical (unpaired) electrons. The Hall–Kier alpha value is -2.38. The minimum Gasteiger partial charge on any atom is -0.383 e. The van der Waals surface area contributed by atoms with Crippen molar-refractivity contribution in [2.24, 2.45) is 0 Å². The van der Waals surface area contributed by atoms with Crippen LogP contribution in [-0.2, 0) is 16.1 Å². The number of amides is 2. The van der Waals surface area contributed by atoms with Gasteiger partial charge in [-0.1, -0.05) is 18.2 Å². The third-order valence-corrected chi connectivity index (χ3v) is 5.48. The number of carbonyl (C=O) groups excluding carboxylic acids is 2. The van der Waals surface area contributed by atoms with Crippen molar-refractivity contribution >= 4 is 22.7 Å². The molecule has 7 nitrogen and oxygen atoms in total. The number of para-hydroxylation sites is 1. The van der Waals surface area contributed by atoms with Crippen molar-refractivity contribution in [3.63, 3.8) is 0 Å². The van der Waals surface area contributed by atoms with E-state index >= 15 is 0 Å². The van der Waals surface area contributed by atoms with Crippen LogP contribution in [0.1, 0.15) is 24.2 Å². The Morgan fingerprint density at radius 3 is 2.68 bits per heavy atom. The second-order valence-corrected chi connectivity index (χ2v) is 7.46. The molecule has 0 saturated carbocycles. The summed E-state index contributed by atoms with van der Waals surface area (Å²) in [6, 6.07) is 7.84. The summed E-state index contributed by atoms with van der Waals surface area (Å²) in [7, 11) is 3.32. The average molecular weight is 386 g/mol. The molecule has 1 N–H and O–H groups in total. The smallest absolute Gasteiger partial charge is 0.256 e. The summed E-state index contributed by atoms with van der Waals surface area (Å²) in [4.78, 5) is 29.7. The number of methoxy groups -OCH3 is 1. The van der Waals surface area contributed by atoms with E-state index in [2.05, 4.69) is 28.6 Å². The Morgan fingerprint density at radius 1 is 1.25 bits per heavy atom. The zero-order valence-electron chi connectivity index (χ0n) is 17.1. The highest BCUT2D eigenvalue weighted by Gasteiger charge is 2.35. The van der Waals surface area contributed by atoms with Crippen LogP contribution in [0.25, 0.3) is 10.9 Å². The number of hydrogen-bond donors (Lipinski definition) is 1. The zero-order chi connectivity index (χ0) is 20.3. The van der Waals surface area contributed by atoms with Crippen molar-refractivity contribution in [3.05, 3.63) is 36.0 Å². The molecule has 1 fully saturated rings. The Morgan fingerprint density at radius 2 is 2.00 bits per heavy atom. The van der Waals surface area contributed by atoms with Gasteiger partial charge in [0.25, 0.3) is 5.91 Å². The third-order valence-electron chi connectivity index (χ3n) is 5.48. The maximum absolute atomic E-state index is 13.4. The Kier molecular flexibility index (Phi) is 6.36. The lowest BCUT2D eigenvalue weighted by atomic mass is 10.1. The second-order valence-electron chi connectivity index (χ2n) is 7.46. The highest BCUT2D eigenvalue weighted by Crippen LogP contribution is 2.24. The number of rotatable bonds is 6. The number of nitrogens with one attached hydrogen (secondary N) is 1. The number of carbonyl (C=O) groups is 2. The van der Waals surface area contributed by atoms with E-state index in [1.165, 1.54) is 0 Å². The molecule has 1 aromatic carbocycles. The maximum atomic E-state index is 13.4. The number of likely N-dealkylation sites (N-methyl/N-ethyl adjacent to an activating group) is 1. The van der Waals surface area contributed by atoms with E-state index in [1.807, 2.05) is 30.5 Å². The molecule has 1 saturated heterocycles. The molecule has 2 aromatic rings. The molecule has 2 heterocycles. The summed E-state index contributed by atoms with van der Waals surface area (Å²) in [6.07, 6.45) is 1.91. The number of aromatic nitrogens is 1. The monoisotopic (exact) mass is 386 g/mol. The normalized spacial score (nSPS) is 18.0. The topological polar surface area (TPSA) is 66.8 Å². The molecule has 2 amide bonds. The van der Waals surface area contributed by atoms with Gasteiger partial charge in [0, 0.05) is 63.5 Å². The van der Waals surface area contributed by atoms with Crippen molar-refractivity contribution in [3.8, 4) is 0 Å². The van der Waals surface area contributed by atoms with Gasteiger partial charge >= 0.3 is 0 Å². The molecule has 0 unspecified atom stereocenters. The van der Waals surface area contributed by atoms with Crippen LogP contribution in [0.5, 0.6) is 0 Å². The molecular weight excluding hydrogens is 356 g/mol. The van der Waals surface area contributed by atoms with E-state index in [4.69, 9.17) is 4.74 Å². The van der Waals surface area contributed by atoms with E-state index in [9.17, 15) is 9.59 Å². The molecule has 0 spiro atoms. The first kappa shape index (κ1) is 20.4. The van der Waals surface area contributed by atoms with Gasteiger partial charge in [-0.15, -0.1) is 0 Å². The van der Waals surface area contributed by atoms with Gasteiger partial charge in [-0.2, -0.15) is 0 Å². The van der Waals surface area contributed by atoms with Crippen LogP contribution >= 0.6 is 0 Å². The summed E-state index contributed by atoms with van der Waals surface area (Å²) in [5, 5.41) is 3.68. The maximum Gasteiger partial charge on any atom is 0.256 e. The van der Waals surface area contributed by atoms with Gasteiger partial charge < -0.3 is 19.5 Å². The van der Waals surface area contributed by atoms with Crippen LogP contribution in [0.3, 0.4) is 0 Å². The Labute approximate surface area is 166 Å². The Balaban J connectivity index is 1.89. The summed E-state index contributed by atoms with van der Waals surface area (Å²) < 4.78 is 7.26. The lowest BCUT2D eigenvalue weighted by Gasteiger charge is -2.42. The summed E-state index contributed by atoms with van der Waals surface area (Å²) in [5.41, 5.74) is 1.70. The van der Waals surface area contributed by atoms with E-state index in [0.29, 0.717) is 38.3 Å². The van der Waals surface area contributed by atoms with Crippen molar-refractivity contribution in [1.29, 1.82) is 0 Å². The SMILES string of the molecule is CNC(=O)[C@@H]1CN(C(=O)c2cn(CCOC)c3ccccc23)CCN1C(C)C. The first-order chi connectivity index (χ1) is 13.5. The number of ether oxygens (including phenoxy) is 1. The molecule has 7 heteroatoms. The van der Waals surface area contributed by atoms with Crippen LogP contribution in [0.2, 0.25) is 0 Å². The number of fused-ring (bicyclic) bond motifs is 1. The molecule has 0 aliphatic carbocycles. The zero-order valence-corrected chi connectivity index (χ0v) is 17.1. The minimum absolute atomic E-state index is 0.0234. The van der Waals surface area contributed by atoms with Crippen LogP contribution in [0.4, 0.5) is 0 Å². The fraction of sp³-hybridized carbons (Fsp3) is 0.524. The number of hydrogen-bond acceptors (Lipinski definition) is 4. The fourth-order valence-corrected chi connectivity index (χ4v) is 3.96. The second kappa shape index (κ2) is 8.75. The fourth-order valence-electron chi connectivity index (χ4n) is 3.96. The van der Waals surface area contributed by atoms with Crippen LogP contribution < -0.4 is 5.32 Å². The van der Waals surface area contributed by atoms with Gasteiger partial charge in [0.15, 0.2) is 0 Å². The molecule has 0 bridgehead atoms. The van der Waals surface area contributed by atoms with Gasteiger partial charge in [-0.25, -0.2) is 0 Å². The van der Waals surface area contributed by atoms with Crippen molar-refractivity contribution in [2.45, 2.75) is 32.5 Å². The van der Waals surface area contributed by atoms with E-state index in [0.717, 1.165) is 10.9 Å². The predicted molar refractivity (Wildman–Crippen MR) is 109 cm³/mol. The van der Waals surface area contributed by atoms with E-state index < -0.39 is 0 Å². The standard InChI is InChI=1S/C21H30N4O3/c1-15(2)25-10-9-24(14-19(25)20(26)22-3)21(27)17-13-23(11-12-28-4)18-8-6-5-7-16(17)18/h5-8,13,15,19H,9-12,14H2,1-4H3,(H,22,26)/t19-/m0/s1. The number of piperazine rings is 1. The van der Waals surface area contributed by atoms with Crippen LogP contribution in [-0.4, -0.2) is 78.7 Å². The average Bonchev–Trinajstić information content (AvgIpc) is 3.09. The molecule has 1 aliphatic rings. The van der Waals surface area contributed by atoms with Gasteiger partial charge in [0.1, 0.15) is 6.04 Å². The van der Waals surface area contributed by atoms with Crippen LogP contribution in [0, 0.1) is 0 Å². The first-order valence-electron chi connectivity index (χ1n) is 9.81. The molecular formula is C21H30N4O3. The number of nitrogens with zero attached hydrogens (tertiary/aromatic N) is 3. The van der Waals surface area contributed by atoms with E-state index in [1.54, 1.807) is 19.1 Å². The molecule has 1 aliphatic heterocycles. The van der Waals surface area contributed by atoms with Gasteiger partial charge in [0.2, 0.25) is 5.91 Å². The minimum atomic E-state index is -0.329. The molecule has 1 aromatic heterocycles. The van der Waals surface area contributed by atoms with Gasteiger partial charge in [-0.05, 0) is 19.9 Å². The first-order valence-corrected chi connectivity index (χ1v) is 9.81. The summed E-state index contributed by atoms with van der Waals surface area (Å²) >= 11 is 0. The molecule has 3 rings (SSSR count). The van der Waals surface area contributed by atoms with Crippen molar-refractivity contribution < 1.29 is 14.3 Å². The van der Waals surface area contributed by atoms with Gasteiger partial charge in [0.05, 0.1) is 12.2 Å². The predicted octanol–water partition coefficient (Wildman–Crippen LogP) is 1.57. The molecule has 28 heavy (non-hydrogen) atoms. The van der Waals surface area contributed by atoms with Gasteiger partial charge in [-0.3, -0.25) is 14.5 Å². The summed E-state index contributed by atoms with van der Waals surface area (Å²) in [5.74, 6) is -0.0709. The quantitative estimate of drug-likeness (QED) is 0.818. The van der Waals surface area contributed by atoms with E-state index in [-0.39, 0.29) is 23.9 Å². The summed E-state index contributed by atoms with van der Waals surface area (Å²) in [6.45, 7) is 7.12. The lowest BCUT2D eigenvalue weighted by molar-refractivity contribution is -0.128. The Bertz CT molecular complexity index is 845. The largest absolute Gasteiger partial charge is 0.383 e. The van der Waals surface area contributed by atoms with Crippen molar-refractivity contribution in [2.75, 3.05) is 40.4 Å². The van der Waals surface area contributed by atoms with Crippen LogP contribution in [0.15, 0.2) is 30.5 Å². The molecule has 1 atom stereocenters. The molecule has 152 valence electrons. The highest BCUT2D eigenvalue weighted by atomic mass is 16.5. The third kappa shape index (κ3) is 3.91. The number of benzene rings is 1.